The van der Waals surface area contributed by atoms with Gasteiger partial charge in [0.25, 0.3) is 0 Å². The average molecular weight is 317 g/mol. The summed E-state index contributed by atoms with van der Waals surface area (Å²) < 4.78 is 29.2. The maximum atomic E-state index is 11.7. The largest absolute Gasteiger partial charge is 0.398 e. The summed E-state index contributed by atoms with van der Waals surface area (Å²) in [6.45, 7) is 0. The molecule has 1 aromatic heterocycles. The fourth-order valence-electron chi connectivity index (χ4n) is 1.23. The highest BCUT2D eigenvalue weighted by molar-refractivity contribution is 8.01. The minimum Gasteiger partial charge on any atom is -0.398 e. The zero-order valence-corrected chi connectivity index (χ0v) is 12.1. The van der Waals surface area contributed by atoms with Crippen molar-refractivity contribution in [2.75, 3.05) is 22.0 Å². The van der Waals surface area contributed by atoms with E-state index in [0.717, 1.165) is 16.4 Å². The predicted molar refractivity (Wildman–Crippen MR) is 76.7 cm³/mol. The van der Waals surface area contributed by atoms with Crippen LogP contribution in [0.5, 0.6) is 0 Å². The molecule has 1 heterocycles. The molecule has 0 aliphatic carbocycles. The minimum absolute atomic E-state index is 0.0361. The Labute approximate surface area is 118 Å². The van der Waals surface area contributed by atoms with Crippen LogP contribution in [-0.4, -0.2) is 34.7 Å². The Morgan fingerprint density at radius 3 is 2.84 bits per heavy atom. The maximum absolute atomic E-state index is 11.7. The Morgan fingerprint density at radius 2 is 2.16 bits per heavy atom. The number of benzene rings is 1. The van der Waals surface area contributed by atoms with Gasteiger partial charge in [-0.25, -0.2) is 8.42 Å². The molecule has 0 saturated carbocycles. The first kappa shape index (κ1) is 14.0. The number of rotatable bonds is 6. The van der Waals surface area contributed by atoms with Crippen LogP contribution in [0.3, 0.4) is 0 Å². The van der Waals surface area contributed by atoms with Gasteiger partial charge in [0.05, 0.1) is 5.75 Å². The third-order valence-corrected chi connectivity index (χ3v) is 5.31. The summed E-state index contributed by atoms with van der Waals surface area (Å²) >= 11 is 2.29. The van der Waals surface area contributed by atoms with Crippen molar-refractivity contribution in [2.24, 2.45) is 0 Å². The number of aromatic nitrogens is 3. The van der Waals surface area contributed by atoms with E-state index >= 15 is 0 Å². The van der Waals surface area contributed by atoms with Crippen molar-refractivity contribution in [3.8, 4) is 0 Å². The molecule has 0 bridgehead atoms. The molecule has 0 aliphatic heterocycles. The Morgan fingerprint density at radius 1 is 1.37 bits per heavy atom. The van der Waals surface area contributed by atoms with E-state index in [4.69, 9.17) is 5.73 Å². The Hall–Kier alpha value is -1.39. The SMILES string of the molecule is Nc1ccccc1SCCS(=O)(=O)Nc1nnns1. The summed E-state index contributed by atoms with van der Waals surface area (Å²) in [6.07, 6.45) is 0. The molecule has 0 amide bonds. The van der Waals surface area contributed by atoms with E-state index in [2.05, 4.69) is 19.5 Å². The number of sulfonamides is 1. The van der Waals surface area contributed by atoms with Crippen molar-refractivity contribution in [2.45, 2.75) is 4.90 Å². The maximum Gasteiger partial charge on any atom is 0.238 e. The van der Waals surface area contributed by atoms with Crippen molar-refractivity contribution in [1.29, 1.82) is 0 Å². The topological polar surface area (TPSA) is 111 Å². The van der Waals surface area contributed by atoms with Gasteiger partial charge in [0.1, 0.15) is 0 Å². The molecule has 3 N–H and O–H groups in total. The first-order valence-corrected chi connectivity index (χ1v) is 8.61. The fraction of sp³-hybridized carbons (Fsp3) is 0.222. The van der Waals surface area contributed by atoms with Gasteiger partial charge in [0.15, 0.2) is 0 Å². The smallest absolute Gasteiger partial charge is 0.238 e. The van der Waals surface area contributed by atoms with E-state index in [9.17, 15) is 8.42 Å². The van der Waals surface area contributed by atoms with Crippen LogP contribution in [0.2, 0.25) is 0 Å². The van der Waals surface area contributed by atoms with E-state index in [1.54, 1.807) is 6.07 Å². The summed E-state index contributed by atoms with van der Waals surface area (Å²) in [5.41, 5.74) is 6.41. The van der Waals surface area contributed by atoms with Crippen LogP contribution in [0.25, 0.3) is 0 Å². The lowest BCUT2D eigenvalue weighted by atomic mass is 10.3. The molecule has 0 radical (unpaired) electrons. The summed E-state index contributed by atoms with van der Waals surface area (Å²) in [4.78, 5) is 0.871. The zero-order valence-electron chi connectivity index (χ0n) is 9.68. The molecule has 0 spiro atoms. The lowest BCUT2D eigenvalue weighted by Gasteiger charge is -2.06. The molecule has 102 valence electrons. The summed E-state index contributed by atoms with van der Waals surface area (Å²) in [5, 5.41) is 7.01. The van der Waals surface area contributed by atoms with E-state index in [-0.39, 0.29) is 10.9 Å². The van der Waals surface area contributed by atoms with Crippen LogP contribution < -0.4 is 10.5 Å². The second-order valence-corrected chi connectivity index (χ2v) is 7.19. The van der Waals surface area contributed by atoms with E-state index < -0.39 is 10.0 Å². The number of anilines is 2. The second kappa shape index (κ2) is 6.17. The molecule has 2 rings (SSSR count). The monoisotopic (exact) mass is 317 g/mol. The number of nitrogen functional groups attached to an aromatic ring is 1. The molecule has 0 fully saturated rings. The standard InChI is InChI=1S/C9H11N5O2S3/c10-7-3-1-2-4-8(7)17-5-6-19(15,16)12-9-11-13-14-18-9/h1-4H,5-6,10H2,(H,11,12,14). The Balaban J connectivity index is 1.87. The average Bonchev–Trinajstić information content (AvgIpc) is 2.83. The summed E-state index contributed by atoms with van der Waals surface area (Å²) in [7, 11) is -3.43. The van der Waals surface area contributed by atoms with Gasteiger partial charge in [0, 0.05) is 27.9 Å². The van der Waals surface area contributed by atoms with Crippen LogP contribution >= 0.6 is 23.3 Å². The highest BCUT2D eigenvalue weighted by Crippen LogP contribution is 2.24. The van der Waals surface area contributed by atoms with Crippen molar-refractivity contribution < 1.29 is 8.42 Å². The third kappa shape index (κ3) is 4.33. The molecular weight excluding hydrogens is 306 g/mol. The lowest BCUT2D eigenvalue weighted by Crippen LogP contribution is -2.18. The van der Waals surface area contributed by atoms with Crippen molar-refractivity contribution >= 4 is 44.1 Å². The van der Waals surface area contributed by atoms with Gasteiger partial charge >= 0.3 is 0 Å². The molecule has 10 heteroatoms. The fourth-order valence-corrected chi connectivity index (χ4v) is 4.23. The molecule has 0 atom stereocenters. The number of hydrogen-bond acceptors (Lipinski definition) is 8. The predicted octanol–water partition coefficient (Wildman–Crippen LogP) is 1.05. The molecule has 19 heavy (non-hydrogen) atoms. The van der Waals surface area contributed by atoms with Gasteiger partial charge in [-0.05, 0) is 17.3 Å². The summed E-state index contributed by atoms with van der Waals surface area (Å²) in [5.74, 6) is 0.362. The van der Waals surface area contributed by atoms with Gasteiger partial charge in [0.2, 0.25) is 15.2 Å². The first-order valence-electron chi connectivity index (χ1n) is 5.20. The van der Waals surface area contributed by atoms with E-state index in [1.807, 2.05) is 18.2 Å². The molecule has 0 unspecified atom stereocenters. The van der Waals surface area contributed by atoms with Crippen molar-refractivity contribution in [3.63, 3.8) is 0 Å². The van der Waals surface area contributed by atoms with Gasteiger partial charge < -0.3 is 5.73 Å². The van der Waals surface area contributed by atoms with Gasteiger partial charge in [-0.1, -0.05) is 21.7 Å². The Bertz CT molecular complexity index is 629. The normalized spacial score (nSPS) is 11.4. The minimum atomic E-state index is -3.43. The Kier molecular flexibility index (Phi) is 4.56. The second-order valence-electron chi connectivity index (χ2n) is 3.47. The number of thioether (sulfide) groups is 1. The van der Waals surface area contributed by atoms with Crippen molar-refractivity contribution in [1.82, 2.24) is 14.8 Å². The van der Waals surface area contributed by atoms with E-state index in [1.165, 1.54) is 11.8 Å². The quantitative estimate of drug-likeness (QED) is 0.605. The third-order valence-electron chi connectivity index (χ3n) is 2.07. The highest BCUT2D eigenvalue weighted by atomic mass is 32.2. The van der Waals surface area contributed by atoms with Crippen LogP contribution in [0.1, 0.15) is 0 Å². The molecule has 2 aromatic rings. The molecule has 0 aliphatic rings. The van der Waals surface area contributed by atoms with Crippen LogP contribution in [0.15, 0.2) is 29.2 Å². The zero-order chi connectivity index (χ0) is 13.7. The van der Waals surface area contributed by atoms with Gasteiger partial charge in [-0.3, -0.25) is 4.72 Å². The molecule has 0 saturated heterocycles. The van der Waals surface area contributed by atoms with Crippen LogP contribution in [0.4, 0.5) is 10.8 Å². The van der Waals surface area contributed by atoms with Gasteiger partial charge in [-0.15, -0.1) is 11.8 Å². The first-order chi connectivity index (χ1) is 9.07. The van der Waals surface area contributed by atoms with E-state index in [0.29, 0.717) is 11.4 Å². The molecule has 1 aromatic carbocycles. The highest BCUT2D eigenvalue weighted by Gasteiger charge is 2.13. The number of nitrogens with one attached hydrogen (secondary N) is 1. The number of nitrogens with zero attached hydrogens (tertiary/aromatic N) is 3. The molecule has 7 nitrogen and oxygen atoms in total. The van der Waals surface area contributed by atoms with Crippen LogP contribution in [0, 0.1) is 0 Å². The number of nitrogens with two attached hydrogens (primary N) is 1. The number of hydrogen-bond donors (Lipinski definition) is 2. The lowest BCUT2D eigenvalue weighted by molar-refractivity contribution is 0.602. The molecular formula is C9H11N5O2S3. The van der Waals surface area contributed by atoms with Crippen molar-refractivity contribution in [3.05, 3.63) is 24.3 Å². The van der Waals surface area contributed by atoms with Crippen LogP contribution in [-0.2, 0) is 10.0 Å². The van der Waals surface area contributed by atoms with Gasteiger partial charge in [-0.2, -0.15) is 0 Å². The number of para-hydroxylation sites is 1. The summed E-state index contributed by atoms with van der Waals surface area (Å²) in [6, 6.07) is 7.33.